The molecule has 0 amide bonds. The topological polar surface area (TPSA) is 89.5 Å². The smallest absolute Gasteiger partial charge is 0.338 e. The Balaban J connectivity index is 1.99. The van der Waals surface area contributed by atoms with Gasteiger partial charge in [-0.25, -0.2) is 17.9 Å². The molecule has 134 valence electrons. The molecular weight excluding hydrogens is 386 g/mol. The van der Waals surface area contributed by atoms with Gasteiger partial charge in [0, 0.05) is 6.04 Å². The molecule has 0 fully saturated rings. The van der Waals surface area contributed by atoms with Crippen LogP contribution < -0.4 is 4.72 Å². The van der Waals surface area contributed by atoms with Crippen LogP contribution >= 0.6 is 22.9 Å². The number of esters is 1. The van der Waals surface area contributed by atoms with Crippen LogP contribution in [0.3, 0.4) is 0 Å². The lowest BCUT2D eigenvalue weighted by Crippen LogP contribution is -2.30. The molecule has 9 heteroatoms. The second-order valence-electron chi connectivity index (χ2n) is 5.40. The molecule has 0 aliphatic rings. The van der Waals surface area contributed by atoms with E-state index in [-0.39, 0.29) is 22.3 Å². The fourth-order valence-electron chi connectivity index (χ4n) is 1.90. The Kier molecular flexibility index (Phi) is 6.34. The number of rotatable bonds is 7. The maximum absolute atomic E-state index is 12.0. The lowest BCUT2D eigenvalue weighted by molar-refractivity contribution is 0.0475. The number of halogens is 1. The molecule has 0 aliphatic carbocycles. The van der Waals surface area contributed by atoms with Crippen LogP contribution in [0.5, 0.6) is 0 Å². The Labute approximate surface area is 154 Å². The summed E-state index contributed by atoms with van der Waals surface area (Å²) in [5.74, 6) is -1.07. The van der Waals surface area contributed by atoms with E-state index < -0.39 is 22.6 Å². The van der Waals surface area contributed by atoms with E-state index in [2.05, 4.69) is 4.72 Å². The van der Waals surface area contributed by atoms with Gasteiger partial charge in [0.25, 0.3) is 0 Å². The minimum Gasteiger partial charge on any atom is -0.454 e. The number of Topliss-reactive ketones (excluding diaryl/α,β-unsaturated/α-hetero) is 1. The molecule has 0 saturated carbocycles. The van der Waals surface area contributed by atoms with Crippen molar-refractivity contribution >= 4 is 44.7 Å². The Hall–Kier alpha value is -1.74. The molecule has 1 aromatic heterocycles. The van der Waals surface area contributed by atoms with Gasteiger partial charge in [0.15, 0.2) is 6.61 Å². The van der Waals surface area contributed by atoms with Crippen LogP contribution in [0.1, 0.15) is 33.9 Å². The normalized spacial score (nSPS) is 11.5. The van der Waals surface area contributed by atoms with Gasteiger partial charge >= 0.3 is 5.97 Å². The zero-order valence-corrected chi connectivity index (χ0v) is 15.9. The number of thiophene rings is 1. The molecule has 0 radical (unpaired) electrons. The number of ketones is 1. The second-order valence-corrected chi connectivity index (χ2v) is 8.83. The minimum absolute atomic E-state index is 0.0436. The van der Waals surface area contributed by atoms with Gasteiger partial charge in [0.1, 0.15) is 0 Å². The van der Waals surface area contributed by atoms with E-state index >= 15 is 0 Å². The average Bonchev–Trinajstić information content (AvgIpc) is 2.98. The summed E-state index contributed by atoms with van der Waals surface area (Å²) < 4.78 is 31.9. The van der Waals surface area contributed by atoms with Gasteiger partial charge in [-0.05, 0) is 50.2 Å². The van der Waals surface area contributed by atoms with E-state index in [1.165, 1.54) is 24.3 Å². The van der Waals surface area contributed by atoms with Gasteiger partial charge in [-0.3, -0.25) is 4.79 Å². The molecule has 0 atom stereocenters. The number of carbonyl (C=O) groups is 2. The molecule has 25 heavy (non-hydrogen) atoms. The first-order valence-corrected chi connectivity index (χ1v) is 9.95. The Morgan fingerprint density at radius 2 is 1.80 bits per heavy atom. The first-order chi connectivity index (χ1) is 11.7. The maximum atomic E-state index is 12.0. The summed E-state index contributed by atoms with van der Waals surface area (Å²) in [7, 11) is -3.63. The molecule has 2 rings (SSSR count). The maximum Gasteiger partial charge on any atom is 0.338 e. The summed E-state index contributed by atoms with van der Waals surface area (Å²) in [4.78, 5) is 24.3. The van der Waals surface area contributed by atoms with Gasteiger partial charge < -0.3 is 4.74 Å². The fraction of sp³-hybridized carbons (Fsp3) is 0.250. The van der Waals surface area contributed by atoms with Crippen LogP contribution in [0.2, 0.25) is 4.34 Å². The standard InChI is InChI=1S/C16H16ClNO5S2/c1-10(2)18-25(21,22)12-5-3-11(4-6-12)16(20)23-9-13(19)14-7-8-15(17)24-14/h3-8,10,18H,9H2,1-2H3. The number of hydrogen-bond acceptors (Lipinski definition) is 6. The fourth-order valence-corrected chi connectivity index (χ4v) is 4.12. The minimum atomic E-state index is -3.63. The van der Waals surface area contributed by atoms with Crippen LogP contribution in [-0.4, -0.2) is 32.8 Å². The van der Waals surface area contributed by atoms with Crippen LogP contribution in [0.25, 0.3) is 0 Å². The van der Waals surface area contributed by atoms with Crippen LogP contribution in [-0.2, 0) is 14.8 Å². The first kappa shape index (κ1) is 19.6. The summed E-state index contributed by atoms with van der Waals surface area (Å²) in [6, 6.07) is 8.19. The number of hydrogen-bond donors (Lipinski definition) is 1. The number of ether oxygens (including phenoxy) is 1. The SMILES string of the molecule is CC(C)NS(=O)(=O)c1ccc(C(=O)OCC(=O)c2ccc(Cl)s2)cc1. The van der Waals surface area contributed by atoms with Crippen molar-refractivity contribution in [3.63, 3.8) is 0 Å². The lowest BCUT2D eigenvalue weighted by Gasteiger charge is -2.10. The monoisotopic (exact) mass is 401 g/mol. The van der Waals surface area contributed by atoms with Gasteiger partial charge in [-0.2, -0.15) is 0 Å². The number of nitrogens with one attached hydrogen (secondary N) is 1. The highest BCUT2D eigenvalue weighted by atomic mass is 35.5. The molecule has 1 N–H and O–H groups in total. The van der Waals surface area contributed by atoms with Gasteiger partial charge in [-0.15, -0.1) is 11.3 Å². The highest BCUT2D eigenvalue weighted by Crippen LogP contribution is 2.22. The lowest BCUT2D eigenvalue weighted by atomic mass is 10.2. The predicted molar refractivity (Wildman–Crippen MR) is 95.8 cm³/mol. The van der Waals surface area contributed by atoms with Crippen molar-refractivity contribution in [3.8, 4) is 0 Å². The molecule has 6 nitrogen and oxygen atoms in total. The first-order valence-electron chi connectivity index (χ1n) is 7.27. The zero-order chi connectivity index (χ0) is 18.6. The van der Waals surface area contributed by atoms with Crippen molar-refractivity contribution in [3.05, 3.63) is 51.2 Å². The van der Waals surface area contributed by atoms with Crippen molar-refractivity contribution < 1.29 is 22.7 Å². The molecule has 1 aromatic carbocycles. The van der Waals surface area contributed by atoms with Crippen LogP contribution in [0.15, 0.2) is 41.3 Å². The highest BCUT2D eigenvalue weighted by Gasteiger charge is 2.17. The quantitative estimate of drug-likeness (QED) is 0.568. The van der Waals surface area contributed by atoms with E-state index in [9.17, 15) is 18.0 Å². The number of benzene rings is 1. The van der Waals surface area contributed by atoms with Crippen LogP contribution in [0, 0.1) is 0 Å². The van der Waals surface area contributed by atoms with E-state index in [4.69, 9.17) is 16.3 Å². The van der Waals surface area contributed by atoms with E-state index in [1.54, 1.807) is 26.0 Å². The van der Waals surface area contributed by atoms with Crippen molar-refractivity contribution in [2.24, 2.45) is 0 Å². The summed E-state index contributed by atoms with van der Waals surface area (Å²) in [6.07, 6.45) is 0. The summed E-state index contributed by atoms with van der Waals surface area (Å²) in [5.41, 5.74) is 0.153. The molecule has 0 spiro atoms. The second kappa shape index (κ2) is 8.09. The molecule has 2 aromatic rings. The van der Waals surface area contributed by atoms with Crippen molar-refractivity contribution in [1.29, 1.82) is 0 Å². The molecule has 1 heterocycles. The highest BCUT2D eigenvalue weighted by molar-refractivity contribution is 7.89. The third-order valence-electron chi connectivity index (χ3n) is 2.97. The molecule has 0 unspecified atom stereocenters. The largest absolute Gasteiger partial charge is 0.454 e. The van der Waals surface area contributed by atoms with Gasteiger partial charge in [-0.1, -0.05) is 11.6 Å². The number of sulfonamides is 1. The van der Waals surface area contributed by atoms with E-state index in [1.807, 2.05) is 0 Å². The Bertz CT molecular complexity index is 872. The van der Waals surface area contributed by atoms with Gasteiger partial charge in [0.05, 0.1) is 19.7 Å². The molecular formula is C16H16ClNO5S2. The zero-order valence-electron chi connectivity index (χ0n) is 13.5. The van der Waals surface area contributed by atoms with Crippen LogP contribution in [0.4, 0.5) is 0 Å². The average molecular weight is 402 g/mol. The molecule has 0 bridgehead atoms. The molecule has 0 saturated heterocycles. The van der Waals surface area contributed by atoms with Crippen molar-refractivity contribution in [1.82, 2.24) is 4.72 Å². The Morgan fingerprint density at radius 1 is 1.16 bits per heavy atom. The van der Waals surface area contributed by atoms with E-state index in [0.717, 1.165) is 11.3 Å². The van der Waals surface area contributed by atoms with Gasteiger partial charge in [0.2, 0.25) is 15.8 Å². The Morgan fingerprint density at radius 3 is 2.32 bits per heavy atom. The number of carbonyl (C=O) groups excluding carboxylic acids is 2. The summed E-state index contributed by atoms with van der Waals surface area (Å²) in [6.45, 7) is 3.01. The summed E-state index contributed by atoms with van der Waals surface area (Å²) in [5, 5.41) is 0. The molecule has 0 aliphatic heterocycles. The third-order valence-corrected chi connectivity index (χ3v) is 5.92. The van der Waals surface area contributed by atoms with Crippen molar-refractivity contribution in [2.75, 3.05) is 6.61 Å². The van der Waals surface area contributed by atoms with Crippen molar-refractivity contribution in [2.45, 2.75) is 24.8 Å². The third kappa shape index (κ3) is 5.37. The van der Waals surface area contributed by atoms with E-state index in [0.29, 0.717) is 9.21 Å². The predicted octanol–water partition coefficient (Wildman–Crippen LogP) is 3.13. The summed E-state index contributed by atoms with van der Waals surface area (Å²) >= 11 is 6.85.